The molecule has 0 bridgehead atoms. The second kappa shape index (κ2) is 16.3. The van der Waals surface area contributed by atoms with E-state index in [9.17, 15) is 55.1 Å². The van der Waals surface area contributed by atoms with Crippen LogP contribution in [-0.4, -0.2) is 35.1 Å². The largest absolute Gasteiger partial charge is 0.428 e. The van der Waals surface area contributed by atoms with Crippen LogP contribution in [0.5, 0.6) is 23.0 Å². The van der Waals surface area contributed by atoms with Crippen LogP contribution in [0.4, 0.5) is 26.3 Å². The summed E-state index contributed by atoms with van der Waals surface area (Å²) in [6.45, 7) is 0. The fourth-order valence-corrected chi connectivity index (χ4v) is 4.66. The Hall–Kier alpha value is -7.36. The van der Waals surface area contributed by atoms with Crippen LogP contribution in [0.15, 0.2) is 133 Å². The topological polar surface area (TPSA) is 139 Å². The average Bonchev–Trinajstić information content (AvgIpc) is 3.15. The quantitative estimate of drug-likeness (QED) is 0.0746. The van der Waals surface area contributed by atoms with Crippen LogP contribution < -0.4 is 18.9 Å². The first-order valence-electron chi connectivity index (χ1n) is 14.9. The average molecular weight is 749 g/mol. The minimum Gasteiger partial charge on any atom is -0.428 e. The summed E-state index contributed by atoms with van der Waals surface area (Å²) in [5.74, 6) is -3.79. The molecule has 10 nitrogen and oxygen atoms in total. The molecule has 0 radical (unpaired) electrons. The van der Waals surface area contributed by atoms with Crippen molar-refractivity contribution in [1.29, 1.82) is 0 Å². The van der Waals surface area contributed by atoms with Crippen LogP contribution >= 0.6 is 0 Å². The molecule has 0 N–H and O–H groups in total. The Morgan fingerprint density at radius 3 is 1.39 bits per heavy atom. The summed E-state index contributed by atoms with van der Waals surface area (Å²) in [5, 5.41) is 0. The standard InChI is InChI=1S/2C19H9F3O5/c20-17(21)18(22)26-11-3-1-10(2-4-11)19(25)27-12-5-6-13-14(9-12)16(24)8-7-15(13)23;20-17(21)18(22)26-11-6-4-10(5-7-11)19(25)27-15-3-1-2-12-13(23)8-9-14(24)16(12)15/h2*1-9H. The molecule has 0 atom stereocenters. The van der Waals surface area contributed by atoms with E-state index in [4.69, 9.17) is 9.47 Å². The van der Waals surface area contributed by atoms with Gasteiger partial charge < -0.3 is 18.9 Å². The van der Waals surface area contributed by atoms with Crippen LogP contribution in [0.2, 0.25) is 0 Å². The highest BCUT2D eigenvalue weighted by molar-refractivity contribution is 6.23. The molecule has 6 rings (SSSR count). The van der Waals surface area contributed by atoms with Gasteiger partial charge in [-0.25, -0.2) is 9.59 Å². The lowest BCUT2D eigenvalue weighted by Gasteiger charge is -2.13. The van der Waals surface area contributed by atoms with Gasteiger partial charge in [0.1, 0.15) is 23.0 Å². The number of ketones is 4. The first kappa shape index (κ1) is 37.9. The van der Waals surface area contributed by atoms with E-state index in [2.05, 4.69) is 9.47 Å². The van der Waals surface area contributed by atoms with Crippen molar-refractivity contribution in [2.45, 2.75) is 0 Å². The van der Waals surface area contributed by atoms with Crippen LogP contribution in [0, 0.1) is 0 Å². The molecule has 2 aliphatic carbocycles. The Bertz CT molecular complexity index is 2330. The lowest BCUT2D eigenvalue weighted by Crippen LogP contribution is -2.16. The van der Waals surface area contributed by atoms with Crippen molar-refractivity contribution in [2.75, 3.05) is 0 Å². The van der Waals surface area contributed by atoms with E-state index in [0.29, 0.717) is 0 Å². The number of ether oxygens (including phenoxy) is 4. The van der Waals surface area contributed by atoms with Crippen molar-refractivity contribution in [2.24, 2.45) is 0 Å². The van der Waals surface area contributed by atoms with Crippen LogP contribution in [-0.2, 0) is 0 Å². The minimum atomic E-state index is -2.61. The zero-order chi connectivity index (χ0) is 39.1. The van der Waals surface area contributed by atoms with Gasteiger partial charge in [0.25, 0.3) is 0 Å². The Morgan fingerprint density at radius 2 is 0.870 bits per heavy atom. The molecule has 0 heterocycles. The van der Waals surface area contributed by atoms with Crippen molar-refractivity contribution in [1.82, 2.24) is 0 Å². The highest BCUT2D eigenvalue weighted by Gasteiger charge is 2.25. The van der Waals surface area contributed by atoms with Gasteiger partial charge in [-0.15, -0.1) is 0 Å². The van der Waals surface area contributed by atoms with Crippen LogP contribution in [0.3, 0.4) is 0 Å². The number of benzene rings is 4. The summed E-state index contributed by atoms with van der Waals surface area (Å²) in [7, 11) is 0. The van der Waals surface area contributed by atoms with Gasteiger partial charge in [-0.2, -0.15) is 26.3 Å². The van der Waals surface area contributed by atoms with Crippen molar-refractivity contribution in [3.05, 3.63) is 167 Å². The summed E-state index contributed by atoms with van der Waals surface area (Å²) in [6, 6.07) is 13.3. The lowest BCUT2D eigenvalue weighted by atomic mass is 9.94. The van der Waals surface area contributed by atoms with E-state index < -0.39 is 41.9 Å². The summed E-state index contributed by atoms with van der Waals surface area (Å²) in [5.41, 5.74) is 0.449. The second-order valence-electron chi connectivity index (χ2n) is 10.6. The van der Waals surface area contributed by atoms with Gasteiger partial charge in [0.05, 0.1) is 16.7 Å². The molecule has 0 aromatic heterocycles. The zero-order valence-electron chi connectivity index (χ0n) is 26.7. The van der Waals surface area contributed by atoms with Crippen molar-refractivity contribution < 1.29 is 74.1 Å². The third kappa shape index (κ3) is 8.92. The van der Waals surface area contributed by atoms with E-state index in [1.54, 1.807) is 0 Å². The molecule has 4 aromatic carbocycles. The molecule has 272 valence electrons. The van der Waals surface area contributed by atoms with Crippen LogP contribution in [0.25, 0.3) is 0 Å². The molecule has 0 saturated heterocycles. The Balaban J connectivity index is 0.000000208. The summed E-state index contributed by atoms with van der Waals surface area (Å²) >= 11 is 0. The smallest absolute Gasteiger partial charge is 0.344 e. The SMILES string of the molecule is O=C(Oc1ccc2c(c1)C(=O)C=CC2=O)c1ccc(OC(F)=C(F)F)cc1.O=C(Oc1cccc2c1C(=O)C=CC2=O)c1ccc(OC(F)=C(F)F)cc1. The number of halogens is 6. The predicted octanol–water partition coefficient (Wildman–Crippen LogP) is 8.51. The van der Waals surface area contributed by atoms with Gasteiger partial charge >= 0.3 is 36.1 Å². The molecule has 16 heteroatoms. The normalized spacial score (nSPS) is 12.4. The number of esters is 2. The molecule has 4 aromatic rings. The second-order valence-corrected chi connectivity index (χ2v) is 10.6. The van der Waals surface area contributed by atoms with Crippen molar-refractivity contribution >= 4 is 35.1 Å². The third-order valence-corrected chi connectivity index (χ3v) is 7.14. The minimum absolute atomic E-state index is 0.00446. The molecule has 2 aliphatic rings. The molecule has 0 fully saturated rings. The number of hydrogen-bond donors (Lipinski definition) is 0. The number of carbonyl (C=O) groups is 6. The Kier molecular flexibility index (Phi) is 11.5. The van der Waals surface area contributed by atoms with E-state index in [0.717, 1.165) is 48.6 Å². The summed E-state index contributed by atoms with van der Waals surface area (Å²) in [4.78, 5) is 71.8. The van der Waals surface area contributed by atoms with E-state index in [1.807, 2.05) is 0 Å². The Labute approximate surface area is 298 Å². The van der Waals surface area contributed by atoms with E-state index in [1.165, 1.54) is 60.7 Å². The molecule has 0 spiro atoms. The first-order chi connectivity index (χ1) is 25.7. The van der Waals surface area contributed by atoms with Gasteiger partial charge in [0, 0.05) is 16.7 Å². The van der Waals surface area contributed by atoms with E-state index >= 15 is 0 Å². The molecule has 0 aliphatic heterocycles. The third-order valence-electron chi connectivity index (χ3n) is 7.14. The molecular weight excluding hydrogens is 730 g/mol. The molecule has 54 heavy (non-hydrogen) atoms. The monoisotopic (exact) mass is 748 g/mol. The molecule has 0 saturated carbocycles. The maximum atomic E-state index is 12.7. The van der Waals surface area contributed by atoms with E-state index in [-0.39, 0.29) is 73.7 Å². The van der Waals surface area contributed by atoms with Crippen molar-refractivity contribution in [3.63, 3.8) is 0 Å². The maximum Gasteiger partial charge on any atom is 0.344 e. The fraction of sp³-hybridized carbons (Fsp3) is 0. The summed E-state index contributed by atoms with van der Waals surface area (Å²) in [6.07, 6.45) is -0.715. The number of allylic oxidation sites excluding steroid dienone is 4. The van der Waals surface area contributed by atoms with Crippen molar-refractivity contribution in [3.8, 4) is 23.0 Å². The fourth-order valence-electron chi connectivity index (χ4n) is 4.66. The number of fused-ring (bicyclic) bond motifs is 2. The van der Waals surface area contributed by atoms with Crippen LogP contribution in [0.1, 0.15) is 62.1 Å². The van der Waals surface area contributed by atoms with Gasteiger partial charge in [0.2, 0.25) is 0 Å². The number of hydrogen-bond acceptors (Lipinski definition) is 10. The van der Waals surface area contributed by atoms with Gasteiger partial charge in [-0.05, 0) is 97.1 Å². The highest BCUT2D eigenvalue weighted by atomic mass is 19.3. The predicted molar refractivity (Wildman–Crippen MR) is 173 cm³/mol. The molecular formula is C38H18F6O10. The zero-order valence-corrected chi connectivity index (χ0v) is 26.7. The Morgan fingerprint density at radius 1 is 0.426 bits per heavy atom. The maximum absolute atomic E-state index is 12.7. The highest BCUT2D eigenvalue weighted by Crippen LogP contribution is 2.29. The number of carbonyl (C=O) groups excluding carboxylic acids is 6. The summed E-state index contributed by atoms with van der Waals surface area (Å²) < 4.78 is 92.3. The van der Waals surface area contributed by atoms with Gasteiger partial charge in [0.15, 0.2) is 23.1 Å². The van der Waals surface area contributed by atoms with Gasteiger partial charge in [-0.1, -0.05) is 12.1 Å². The molecule has 0 unspecified atom stereocenters. The first-order valence-corrected chi connectivity index (χ1v) is 14.9. The molecule has 0 amide bonds. The number of rotatable bonds is 8. The lowest BCUT2D eigenvalue weighted by molar-refractivity contribution is 0.0723. The van der Waals surface area contributed by atoms with Gasteiger partial charge in [-0.3, -0.25) is 19.2 Å².